The lowest BCUT2D eigenvalue weighted by atomic mass is 9.86. The Morgan fingerprint density at radius 2 is 1.95 bits per heavy atom. The second-order valence-electron chi connectivity index (χ2n) is 5.79. The van der Waals surface area contributed by atoms with E-state index in [9.17, 15) is 10.1 Å². The molecular formula is C17H22N2O2. The molecule has 0 aliphatic heterocycles. The molecule has 1 aromatic rings. The van der Waals surface area contributed by atoms with Gasteiger partial charge in [-0.05, 0) is 31.9 Å². The Morgan fingerprint density at radius 3 is 2.52 bits per heavy atom. The third kappa shape index (κ3) is 3.55. The smallest absolute Gasteiger partial charge is 0.242 e. The van der Waals surface area contributed by atoms with Gasteiger partial charge in [-0.2, -0.15) is 5.26 Å². The van der Waals surface area contributed by atoms with Gasteiger partial charge < -0.3 is 9.64 Å². The van der Waals surface area contributed by atoms with Gasteiger partial charge in [-0.1, -0.05) is 30.5 Å². The first kappa shape index (κ1) is 15.4. The number of ether oxygens (including phenoxy) is 1. The van der Waals surface area contributed by atoms with Crippen molar-refractivity contribution >= 4 is 5.91 Å². The van der Waals surface area contributed by atoms with E-state index in [-0.39, 0.29) is 5.91 Å². The minimum Gasteiger partial charge on any atom is -0.492 e. The molecule has 0 saturated heterocycles. The Hall–Kier alpha value is -2.02. The normalized spacial score (nSPS) is 16.2. The van der Waals surface area contributed by atoms with Crippen molar-refractivity contribution in [2.45, 2.75) is 32.6 Å². The third-order valence-corrected chi connectivity index (χ3v) is 4.14. The van der Waals surface area contributed by atoms with E-state index in [4.69, 9.17) is 4.74 Å². The largest absolute Gasteiger partial charge is 0.492 e. The van der Waals surface area contributed by atoms with Crippen LogP contribution >= 0.6 is 0 Å². The van der Waals surface area contributed by atoms with Crippen molar-refractivity contribution in [2.24, 2.45) is 5.41 Å². The molecule has 0 radical (unpaired) electrons. The van der Waals surface area contributed by atoms with Crippen LogP contribution in [0.15, 0.2) is 24.3 Å². The maximum Gasteiger partial charge on any atom is 0.242 e. The molecule has 0 atom stereocenters. The van der Waals surface area contributed by atoms with Crippen LogP contribution in [0.4, 0.5) is 0 Å². The number of nitriles is 1. The van der Waals surface area contributed by atoms with Crippen molar-refractivity contribution in [3.63, 3.8) is 0 Å². The second kappa shape index (κ2) is 6.62. The molecule has 1 amide bonds. The van der Waals surface area contributed by atoms with E-state index >= 15 is 0 Å². The zero-order valence-corrected chi connectivity index (χ0v) is 12.8. The van der Waals surface area contributed by atoms with Crippen LogP contribution < -0.4 is 4.74 Å². The Labute approximate surface area is 126 Å². The molecule has 0 aromatic heterocycles. The highest BCUT2D eigenvalue weighted by Gasteiger charge is 2.43. The minimum atomic E-state index is -0.793. The molecule has 21 heavy (non-hydrogen) atoms. The predicted molar refractivity (Wildman–Crippen MR) is 80.8 cm³/mol. The van der Waals surface area contributed by atoms with Crippen molar-refractivity contribution in [1.82, 2.24) is 4.90 Å². The van der Waals surface area contributed by atoms with Crippen LogP contribution in [0.2, 0.25) is 0 Å². The molecule has 0 heterocycles. The predicted octanol–water partition coefficient (Wildman–Crippen LogP) is 2.92. The van der Waals surface area contributed by atoms with Gasteiger partial charge in [0.05, 0.1) is 12.6 Å². The van der Waals surface area contributed by atoms with Gasteiger partial charge in [0.1, 0.15) is 17.8 Å². The molecule has 1 fully saturated rings. The fraction of sp³-hybridized carbons (Fsp3) is 0.529. The molecular weight excluding hydrogens is 264 g/mol. The van der Waals surface area contributed by atoms with Gasteiger partial charge in [-0.25, -0.2) is 0 Å². The Morgan fingerprint density at radius 1 is 1.33 bits per heavy atom. The maximum absolute atomic E-state index is 12.4. The molecule has 1 aliphatic carbocycles. The van der Waals surface area contributed by atoms with E-state index in [1.165, 1.54) is 5.56 Å². The average molecular weight is 286 g/mol. The molecule has 1 aromatic carbocycles. The van der Waals surface area contributed by atoms with Crippen molar-refractivity contribution in [2.75, 3.05) is 20.2 Å². The number of benzene rings is 1. The fourth-order valence-electron chi connectivity index (χ4n) is 2.75. The molecule has 0 spiro atoms. The van der Waals surface area contributed by atoms with Gasteiger partial charge in [0.15, 0.2) is 0 Å². The molecule has 4 nitrogen and oxygen atoms in total. The molecule has 1 saturated carbocycles. The number of rotatable bonds is 5. The highest BCUT2D eigenvalue weighted by molar-refractivity contribution is 5.85. The lowest BCUT2D eigenvalue weighted by Crippen LogP contribution is -2.41. The standard InChI is InChI=1S/C17H22N2O2/c1-14-5-7-15(8-6-14)21-12-11-19(2)16(20)17(13-18)9-3-4-10-17/h5-8H,3-4,9-12H2,1-2H3. The fourth-order valence-corrected chi connectivity index (χ4v) is 2.75. The van der Waals surface area contributed by atoms with Crippen molar-refractivity contribution in [3.05, 3.63) is 29.8 Å². The van der Waals surface area contributed by atoms with Gasteiger partial charge in [0, 0.05) is 7.05 Å². The van der Waals surface area contributed by atoms with Crippen molar-refractivity contribution in [3.8, 4) is 11.8 Å². The highest BCUT2D eigenvalue weighted by Crippen LogP contribution is 2.38. The Kier molecular flexibility index (Phi) is 4.85. The molecule has 4 heteroatoms. The summed E-state index contributed by atoms with van der Waals surface area (Å²) >= 11 is 0. The van der Waals surface area contributed by atoms with Crippen LogP contribution in [0, 0.1) is 23.7 Å². The number of hydrogen-bond acceptors (Lipinski definition) is 3. The van der Waals surface area contributed by atoms with Gasteiger partial charge in [-0.3, -0.25) is 4.79 Å². The van der Waals surface area contributed by atoms with Crippen molar-refractivity contribution in [1.29, 1.82) is 5.26 Å². The summed E-state index contributed by atoms with van der Waals surface area (Å²) in [6.45, 7) is 2.96. The van der Waals surface area contributed by atoms with Gasteiger partial charge in [0.25, 0.3) is 0 Å². The van der Waals surface area contributed by atoms with E-state index in [2.05, 4.69) is 6.07 Å². The van der Waals surface area contributed by atoms with Crippen LogP contribution in [0.1, 0.15) is 31.2 Å². The van der Waals surface area contributed by atoms with E-state index in [0.29, 0.717) is 26.0 Å². The molecule has 112 valence electrons. The van der Waals surface area contributed by atoms with Gasteiger partial charge >= 0.3 is 0 Å². The average Bonchev–Trinajstić information content (AvgIpc) is 2.98. The van der Waals surface area contributed by atoms with Crippen molar-refractivity contribution < 1.29 is 9.53 Å². The van der Waals surface area contributed by atoms with Crippen LogP contribution in [0.5, 0.6) is 5.75 Å². The quantitative estimate of drug-likeness (QED) is 0.836. The number of carbonyl (C=O) groups excluding carboxylic acids is 1. The summed E-state index contributed by atoms with van der Waals surface area (Å²) in [5.41, 5.74) is 0.394. The first-order chi connectivity index (χ1) is 10.1. The summed E-state index contributed by atoms with van der Waals surface area (Å²) in [4.78, 5) is 14.1. The SMILES string of the molecule is Cc1ccc(OCCN(C)C(=O)C2(C#N)CCCC2)cc1. The lowest BCUT2D eigenvalue weighted by Gasteiger charge is -2.26. The van der Waals surface area contributed by atoms with Gasteiger partial charge in [-0.15, -0.1) is 0 Å². The monoisotopic (exact) mass is 286 g/mol. The van der Waals surface area contributed by atoms with Gasteiger partial charge in [0.2, 0.25) is 5.91 Å². The van der Waals surface area contributed by atoms with Crippen LogP contribution in [-0.4, -0.2) is 31.0 Å². The first-order valence-electron chi connectivity index (χ1n) is 7.44. The first-order valence-corrected chi connectivity index (χ1v) is 7.44. The summed E-state index contributed by atoms with van der Waals surface area (Å²) in [5, 5.41) is 9.34. The van der Waals surface area contributed by atoms with E-state index in [0.717, 1.165) is 18.6 Å². The Bertz CT molecular complexity index is 525. The molecule has 2 rings (SSSR count). The summed E-state index contributed by atoms with van der Waals surface area (Å²) in [5.74, 6) is 0.743. The Balaban J connectivity index is 1.84. The topological polar surface area (TPSA) is 53.3 Å². The summed E-state index contributed by atoms with van der Waals surface area (Å²) in [7, 11) is 1.75. The summed E-state index contributed by atoms with van der Waals surface area (Å²) in [6.07, 6.45) is 3.30. The van der Waals surface area contributed by atoms with E-state index in [1.807, 2.05) is 31.2 Å². The summed E-state index contributed by atoms with van der Waals surface area (Å²) in [6, 6.07) is 10.1. The summed E-state index contributed by atoms with van der Waals surface area (Å²) < 4.78 is 5.63. The highest BCUT2D eigenvalue weighted by atomic mass is 16.5. The lowest BCUT2D eigenvalue weighted by molar-refractivity contribution is -0.137. The number of carbonyl (C=O) groups is 1. The molecule has 0 unspecified atom stereocenters. The number of aryl methyl sites for hydroxylation is 1. The second-order valence-corrected chi connectivity index (χ2v) is 5.79. The third-order valence-electron chi connectivity index (χ3n) is 4.14. The van der Waals surface area contributed by atoms with E-state index < -0.39 is 5.41 Å². The van der Waals surface area contributed by atoms with E-state index in [1.54, 1.807) is 11.9 Å². The zero-order chi connectivity index (χ0) is 15.3. The molecule has 1 aliphatic rings. The maximum atomic E-state index is 12.4. The van der Waals surface area contributed by atoms with Crippen LogP contribution in [-0.2, 0) is 4.79 Å². The number of amides is 1. The molecule has 0 N–H and O–H groups in total. The van der Waals surface area contributed by atoms with Crippen LogP contribution in [0.3, 0.4) is 0 Å². The number of likely N-dealkylation sites (N-methyl/N-ethyl adjacent to an activating group) is 1. The van der Waals surface area contributed by atoms with Crippen LogP contribution in [0.25, 0.3) is 0 Å². The number of hydrogen-bond donors (Lipinski definition) is 0. The number of nitrogens with zero attached hydrogens (tertiary/aromatic N) is 2. The minimum absolute atomic E-state index is 0.0602. The molecule has 0 bridgehead atoms. The zero-order valence-electron chi connectivity index (χ0n) is 12.8.